The van der Waals surface area contributed by atoms with Crippen LogP contribution in [0.3, 0.4) is 0 Å². The first-order valence-corrected chi connectivity index (χ1v) is 9.74. The number of carbonyl (C=O) groups excluding carboxylic acids is 1. The van der Waals surface area contributed by atoms with Gasteiger partial charge in [-0.1, -0.05) is 27.7 Å². The first-order valence-electron chi connectivity index (χ1n) is 7.96. The van der Waals surface area contributed by atoms with Crippen molar-refractivity contribution in [1.29, 1.82) is 0 Å². The summed E-state index contributed by atoms with van der Waals surface area (Å²) in [5.41, 5.74) is 1.45. The number of carbonyl (C=O) groups is 1. The number of aromatic nitrogens is 4. The first kappa shape index (κ1) is 16.6. The summed E-state index contributed by atoms with van der Waals surface area (Å²) in [7, 11) is 0. The molecular formula is C16H15BrN4O3S. The molecule has 3 aromatic rings. The molecule has 25 heavy (non-hydrogen) atoms. The van der Waals surface area contributed by atoms with Gasteiger partial charge in [-0.2, -0.15) is 0 Å². The van der Waals surface area contributed by atoms with Crippen molar-refractivity contribution in [1.82, 2.24) is 20.2 Å². The summed E-state index contributed by atoms with van der Waals surface area (Å²) in [6, 6.07) is 6.06. The van der Waals surface area contributed by atoms with Crippen LogP contribution in [0.4, 0.5) is 0 Å². The van der Waals surface area contributed by atoms with Gasteiger partial charge >= 0.3 is 5.97 Å². The molecule has 2 heterocycles. The van der Waals surface area contributed by atoms with Crippen LogP contribution in [0.2, 0.25) is 0 Å². The zero-order chi connectivity index (χ0) is 17.4. The van der Waals surface area contributed by atoms with Crippen molar-refractivity contribution in [3.05, 3.63) is 34.0 Å². The zero-order valence-corrected chi connectivity index (χ0v) is 15.8. The molecule has 4 rings (SSSR count). The van der Waals surface area contributed by atoms with E-state index in [0.717, 1.165) is 33.4 Å². The van der Waals surface area contributed by atoms with Gasteiger partial charge in [0.1, 0.15) is 5.58 Å². The second kappa shape index (κ2) is 6.80. The Labute approximate surface area is 156 Å². The molecule has 1 saturated carbocycles. The minimum atomic E-state index is -0.452. The zero-order valence-electron chi connectivity index (χ0n) is 13.4. The number of benzene rings is 1. The molecule has 0 spiro atoms. The van der Waals surface area contributed by atoms with Gasteiger partial charge in [0.05, 0.1) is 12.6 Å². The minimum absolute atomic E-state index is 0.243. The van der Waals surface area contributed by atoms with Gasteiger partial charge in [-0.3, -0.25) is 0 Å². The summed E-state index contributed by atoms with van der Waals surface area (Å²) in [6.07, 6.45) is 2.21. The van der Waals surface area contributed by atoms with E-state index in [0.29, 0.717) is 24.0 Å². The van der Waals surface area contributed by atoms with E-state index in [4.69, 9.17) is 9.15 Å². The van der Waals surface area contributed by atoms with Gasteiger partial charge in [0.15, 0.2) is 0 Å². The van der Waals surface area contributed by atoms with Crippen molar-refractivity contribution in [2.24, 2.45) is 0 Å². The first-order chi connectivity index (χ1) is 12.2. The lowest BCUT2D eigenvalue weighted by atomic mass is 10.1. The highest BCUT2D eigenvalue weighted by Crippen LogP contribution is 2.38. The molecule has 0 atom stereocenters. The largest absolute Gasteiger partial charge is 0.460 e. The Balaban J connectivity index is 1.68. The standard InChI is InChI=1S/C16H15BrN4O3S/c1-2-23-15(22)14-12(11-7-9(17)3-6-13(11)24-14)8-25-16-18-19-20-21(16)10-4-5-10/h3,6-7,10H,2,4-5,8H2,1H3. The summed E-state index contributed by atoms with van der Waals surface area (Å²) in [5, 5.41) is 13.6. The Hall–Kier alpha value is -1.87. The number of nitrogens with zero attached hydrogens (tertiary/aromatic N) is 4. The Bertz CT molecular complexity index is 935. The van der Waals surface area contributed by atoms with Crippen molar-refractivity contribution in [2.75, 3.05) is 6.61 Å². The number of esters is 1. The van der Waals surface area contributed by atoms with E-state index < -0.39 is 5.97 Å². The summed E-state index contributed by atoms with van der Waals surface area (Å²) >= 11 is 4.97. The number of thioether (sulfide) groups is 1. The SMILES string of the molecule is CCOC(=O)c1oc2ccc(Br)cc2c1CSc1nnnn1C1CC1. The lowest BCUT2D eigenvalue weighted by Crippen LogP contribution is -2.06. The van der Waals surface area contributed by atoms with Crippen molar-refractivity contribution in [3.8, 4) is 0 Å². The number of rotatable bonds is 6. The van der Waals surface area contributed by atoms with Crippen LogP contribution in [0.15, 0.2) is 32.2 Å². The van der Waals surface area contributed by atoms with Crippen molar-refractivity contribution in [2.45, 2.75) is 36.7 Å². The minimum Gasteiger partial charge on any atom is -0.460 e. The molecule has 2 aromatic heterocycles. The quantitative estimate of drug-likeness (QED) is 0.438. The number of fused-ring (bicyclic) bond motifs is 1. The van der Waals surface area contributed by atoms with E-state index in [1.807, 2.05) is 22.9 Å². The van der Waals surface area contributed by atoms with Gasteiger partial charge in [-0.25, -0.2) is 9.48 Å². The van der Waals surface area contributed by atoms with E-state index >= 15 is 0 Å². The van der Waals surface area contributed by atoms with E-state index in [2.05, 4.69) is 31.5 Å². The molecule has 0 N–H and O–H groups in total. The number of hydrogen-bond acceptors (Lipinski definition) is 7. The third kappa shape index (κ3) is 3.30. The lowest BCUT2D eigenvalue weighted by molar-refractivity contribution is 0.0491. The van der Waals surface area contributed by atoms with Gasteiger partial charge in [0.25, 0.3) is 0 Å². The predicted octanol–water partition coefficient (Wildman–Crippen LogP) is 3.99. The highest BCUT2D eigenvalue weighted by Gasteiger charge is 2.29. The van der Waals surface area contributed by atoms with Gasteiger partial charge in [0, 0.05) is 21.2 Å². The molecule has 9 heteroatoms. The van der Waals surface area contributed by atoms with E-state index in [1.165, 1.54) is 11.8 Å². The fraction of sp³-hybridized carbons (Fsp3) is 0.375. The maximum Gasteiger partial charge on any atom is 0.374 e. The molecule has 0 saturated heterocycles. The van der Waals surface area contributed by atoms with Crippen molar-refractivity contribution >= 4 is 44.6 Å². The number of tetrazole rings is 1. The fourth-order valence-corrected chi connectivity index (χ4v) is 3.92. The van der Waals surface area contributed by atoms with Gasteiger partial charge < -0.3 is 9.15 Å². The van der Waals surface area contributed by atoms with Crippen molar-refractivity contribution < 1.29 is 13.9 Å². The maximum absolute atomic E-state index is 12.3. The number of hydrogen-bond donors (Lipinski definition) is 0. The Morgan fingerprint density at radius 1 is 1.48 bits per heavy atom. The molecule has 1 aliphatic carbocycles. The molecule has 0 unspecified atom stereocenters. The van der Waals surface area contributed by atoms with E-state index in [-0.39, 0.29) is 5.76 Å². The van der Waals surface area contributed by atoms with Crippen molar-refractivity contribution in [3.63, 3.8) is 0 Å². The van der Waals surface area contributed by atoms with E-state index in [9.17, 15) is 4.79 Å². The maximum atomic E-state index is 12.3. The monoisotopic (exact) mass is 422 g/mol. The van der Waals surface area contributed by atoms with Crippen LogP contribution in [0.25, 0.3) is 11.0 Å². The molecule has 1 fully saturated rings. The lowest BCUT2D eigenvalue weighted by Gasteiger charge is -2.04. The molecule has 7 nitrogen and oxygen atoms in total. The Kier molecular flexibility index (Phi) is 4.51. The molecule has 130 valence electrons. The molecule has 0 bridgehead atoms. The van der Waals surface area contributed by atoms with Crippen LogP contribution in [0.5, 0.6) is 0 Å². The average molecular weight is 423 g/mol. The Morgan fingerprint density at radius 2 is 2.32 bits per heavy atom. The molecule has 1 aliphatic rings. The van der Waals surface area contributed by atoms with Gasteiger partial charge in [0.2, 0.25) is 10.9 Å². The van der Waals surface area contributed by atoms with Crippen LogP contribution >= 0.6 is 27.7 Å². The van der Waals surface area contributed by atoms with Crippen LogP contribution < -0.4 is 0 Å². The highest BCUT2D eigenvalue weighted by atomic mass is 79.9. The number of ether oxygens (including phenoxy) is 1. The third-order valence-electron chi connectivity index (χ3n) is 3.91. The molecule has 0 radical (unpaired) electrons. The highest BCUT2D eigenvalue weighted by molar-refractivity contribution is 9.10. The molecular weight excluding hydrogens is 408 g/mol. The normalized spacial score (nSPS) is 14.2. The summed E-state index contributed by atoms with van der Waals surface area (Å²) in [4.78, 5) is 12.3. The van der Waals surface area contributed by atoms with Crippen LogP contribution in [0.1, 0.15) is 41.9 Å². The van der Waals surface area contributed by atoms with Crippen LogP contribution in [0, 0.1) is 0 Å². The van der Waals surface area contributed by atoms with E-state index in [1.54, 1.807) is 6.92 Å². The topological polar surface area (TPSA) is 83.0 Å². The van der Waals surface area contributed by atoms with Crippen LogP contribution in [-0.2, 0) is 10.5 Å². The second-order valence-electron chi connectivity index (χ2n) is 5.70. The van der Waals surface area contributed by atoms with Crippen LogP contribution in [-0.4, -0.2) is 32.8 Å². The van der Waals surface area contributed by atoms with Gasteiger partial charge in [-0.15, -0.1) is 5.10 Å². The smallest absolute Gasteiger partial charge is 0.374 e. The summed E-state index contributed by atoms with van der Waals surface area (Å²) < 4.78 is 13.7. The summed E-state index contributed by atoms with van der Waals surface area (Å²) in [5.74, 6) is 0.310. The predicted molar refractivity (Wildman–Crippen MR) is 95.5 cm³/mol. The molecule has 0 amide bonds. The summed E-state index contributed by atoms with van der Waals surface area (Å²) in [6.45, 7) is 2.07. The number of halogens is 1. The average Bonchev–Trinajstić information content (AvgIpc) is 3.22. The second-order valence-corrected chi connectivity index (χ2v) is 7.55. The molecule has 0 aliphatic heterocycles. The third-order valence-corrected chi connectivity index (χ3v) is 5.37. The number of furan rings is 1. The Morgan fingerprint density at radius 3 is 3.08 bits per heavy atom. The molecule has 1 aromatic carbocycles. The van der Waals surface area contributed by atoms with Gasteiger partial charge in [-0.05, 0) is 48.4 Å². The fourth-order valence-electron chi connectivity index (χ4n) is 2.59.